The molecule has 0 unspecified atom stereocenters. The molecule has 1 fully saturated rings. The highest BCUT2D eigenvalue weighted by Crippen LogP contribution is 2.22. The van der Waals surface area contributed by atoms with E-state index < -0.39 is 0 Å². The summed E-state index contributed by atoms with van der Waals surface area (Å²) in [7, 11) is 3.27. The van der Waals surface area contributed by atoms with Crippen LogP contribution >= 0.6 is 0 Å². The number of hydrogen-bond acceptors (Lipinski definition) is 6. The van der Waals surface area contributed by atoms with E-state index in [4.69, 9.17) is 9.47 Å². The van der Waals surface area contributed by atoms with E-state index in [9.17, 15) is 5.11 Å². The van der Waals surface area contributed by atoms with Gasteiger partial charge in [-0.25, -0.2) is 9.97 Å². The number of rotatable bonds is 5. The van der Waals surface area contributed by atoms with Crippen LogP contribution in [0.4, 0.5) is 0 Å². The van der Waals surface area contributed by atoms with Crippen molar-refractivity contribution < 1.29 is 14.6 Å². The molecule has 1 saturated heterocycles. The molecule has 0 spiro atoms. The molecular formula is C13H21N3O3. The maximum Gasteiger partial charge on any atom is 0.316 e. The number of aliphatic hydroxyl groups excluding tert-OH is 1. The minimum Gasteiger partial charge on any atom is -0.467 e. The number of aromatic nitrogens is 2. The smallest absolute Gasteiger partial charge is 0.316 e. The fourth-order valence-corrected chi connectivity index (χ4v) is 2.44. The van der Waals surface area contributed by atoms with Gasteiger partial charge in [0.25, 0.3) is 0 Å². The first-order chi connectivity index (χ1) is 9.17. The second kappa shape index (κ2) is 6.27. The fraction of sp³-hybridized carbons (Fsp3) is 0.692. The molecule has 19 heavy (non-hydrogen) atoms. The van der Waals surface area contributed by atoms with E-state index in [1.165, 1.54) is 0 Å². The standard InChI is InChI=1S/C13H21N3O3/c1-9-10(5-14-13(15-9)19-3)6-16-7-12(18-2)4-11(16)8-17/h5,11-12,17H,4,6-8H2,1-3H3/t11-,12+/m0/s1. The minimum absolute atomic E-state index is 0.145. The van der Waals surface area contributed by atoms with E-state index in [0.29, 0.717) is 6.01 Å². The van der Waals surface area contributed by atoms with Gasteiger partial charge in [-0.2, -0.15) is 0 Å². The van der Waals surface area contributed by atoms with E-state index in [-0.39, 0.29) is 18.8 Å². The summed E-state index contributed by atoms with van der Waals surface area (Å²) >= 11 is 0. The van der Waals surface area contributed by atoms with Crippen LogP contribution < -0.4 is 4.74 Å². The van der Waals surface area contributed by atoms with Crippen LogP contribution in [0.5, 0.6) is 6.01 Å². The van der Waals surface area contributed by atoms with Crippen LogP contribution in [-0.2, 0) is 11.3 Å². The topological polar surface area (TPSA) is 67.7 Å². The molecule has 0 amide bonds. The first-order valence-electron chi connectivity index (χ1n) is 6.42. The van der Waals surface area contributed by atoms with Crippen molar-refractivity contribution in [1.29, 1.82) is 0 Å². The van der Waals surface area contributed by atoms with Crippen LogP contribution in [0.2, 0.25) is 0 Å². The van der Waals surface area contributed by atoms with Gasteiger partial charge in [-0.3, -0.25) is 4.90 Å². The summed E-state index contributed by atoms with van der Waals surface area (Å²) in [5.74, 6) is 0. The summed E-state index contributed by atoms with van der Waals surface area (Å²) in [4.78, 5) is 10.6. The predicted molar refractivity (Wildman–Crippen MR) is 70.0 cm³/mol. The predicted octanol–water partition coefficient (Wildman–Crippen LogP) is 0.375. The summed E-state index contributed by atoms with van der Waals surface area (Å²) in [5.41, 5.74) is 1.96. The van der Waals surface area contributed by atoms with Crippen molar-refractivity contribution in [3.05, 3.63) is 17.5 Å². The van der Waals surface area contributed by atoms with Crippen molar-refractivity contribution in [3.63, 3.8) is 0 Å². The Morgan fingerprint density at radius 3 is 2.84 bits per heavy atom. The molecule has 6 nitrogen and oxygen atoms in total. The number of aryl methyl sites for hydroxylation is 1. The lowest BCUT2D eigenvalue weighted by molar-refractivity contribution is 0.107. The van der Waals surface area contributed by atoms with Crippen LogP contribution in [0.25, 0.3) is 0 Å². The van der Waals surface area contributed by atoms with Crippen molar-refractivity contribution in [2.24, 2.45) is 0 Å². The Hall–Kier alpha value is -1.24. The molecule has 1 aliphatic rings. The molecule has 1 aromatic heterocycles. The van der Waals surface area contributed by atoms with Gasteiger partial charge in [0.2, 0.25) is 0 Å². The third-order valence-electron chi connectivity index (χ3n) is 3.65. The van der Waals surface area contributed by atoms with E-state index in [2.05, 4.69) is 14.9 Å². The molecule has 1 aromatic rings. The first kappa shape index (κ1) is 14.2. The minimum atomic E-state index is 0.145. The van der Waals surface area contributed by atoms with E-state index >= 15 is 0 Å². The molecule has 2 atom stereocenters. The van der Waals surface area contributed by atoms with Crippen molar-refractivity contribution in [1.82, 2.24) is 14.9 Å². The summed E-state index contributed by atoms with van der Waals surface area (Å²) in [6.45, 7) is 3.64. The maximum absolute atomic E-state index is 9.43. The zero-order valence-electron chi connectivity index (χ0n) is 11.7. The number of aliphatic hydroxyl groups is 1. The summed E-state index contributed by atoms with van der Waals surface area (Å²) in [6, 6.07) is 0.530. The van der Waals surface area contributed by atoms with E-state index in [1.54, 1.807) is 20.4 Å². The third kappa shape index (κ3) is 3.20. The SMILES string of the molecule is COc1ncc(CN2C[C@H](OC)C[C@H]2CO)c(C)n1. The maximum atomic E-state index is 9.43. The van der Waals surface area contributed by atoms with Gasteiger partial charge in [0.15, 0.2) is 0 Å². The number of nitrogens with zero attached hydrogens (tertiary/aromatic N) is 3. The molecule has 0 bridgehead atoms. The molecule has 0 radical (unpaired) electrons. The zero-order chi connectivity index (χ0) is 13.8. The molecule has 2 rings (SSSR count). The Labute approximate surface area is 113 Å². The number of methoxy groups -OCH3 is 2. The molecule has 106 valence electrons. The van der Waals surface area contributed by atoms with Gasteiger partial charge in [-0.1, -0.05) is 0 Å². The van der Waals surface area contributed by atoms with Crippen molar-refractivity contribution in [2.75, 3.05) is 27.4 Å². The van der Waals surface area contributed by atoms with Gasteiger partial charge in [0, 0.05) is 43.7 Å². The van der Waals surface area contributed by atoms with Crippen LogP contribution in [0.1, 0.15) is 17.7 Å². The second-order valence-electron chi connectivity index (χ2n) is 4.83. The normalized spacial score (nSPS) is 23.8. The van der Waals surface area contributed by atoms with Gasteiger partial charge in [-0.05, 0) is 13.3 Å². The molecular weight excluding hydrogens is 246 g/mol. The monoisotopic (exact) mass is 267 g/mol. The summed E-state index contributed by atoms with van der Waals surface area (Å²) < 4.78 is 10.4. The van der Waals surface area contributed by atoms with Crippen LogP contribution in [0.3, 0.4) is 0 Å². The lowest BCUT2D eigenvalue weighted by Gasteiger charge is -2.22. The Balaban J connectivity index is 2.08. The number of likely N-dealkylation sites (tertiary alicyclic amines) is 1. The highest BCUT2D eigenvalue weighted by molar-refractivity contribution is 5.18. The highest BCUT2D eigenvalue weighted by atomic mass is 16.5. The molecule has 6 heteroatoms. The number of ether oxygens (including phenoxy) is 2. The van der Waals surface area contributed by atoms with Crippen LogP contribution in [0, 0.1) is 6.92 Å². The van der Waals surface area contributed by atoms with E-state index in [1.807, 2.05) is 6.92 Å². The Morgan fingerprint density at radius 1 is 1.47 bits per heavy atom. The zero-order valence-corrected chi connectivity index (χ0v) is 11.7. The lowest BCUT2D eigenvalue weighted by atomic mass is 10.2. The largest absolute Gasteiger partial charge is 0.467 e. The Kier molecular flexibility index (Phi) is 4.68. The first-order valence-corrected chi connectivity index (χ1v) is 6.42. The average molecular weight is 267 g/mol. The Bertz CT molecular complexity index is 428. The molecule has 0 aromatic carbocycles. The fourth-order valence-electron chi connectivity index (χ4n) is 2.44. The highest BCUT2D eigenvalue weighted by Gasteiger charge is 2.31. The van der Waals surface area contributed by atoms with Gasteiger partial charge in [0.1, 0.15) is 0 Å². The second-order valence-corrected chi connectivity index (χ2v) is 4.83. The summed E-state index contributed by atoms with van der Waals surface area (Å²) in [5, 5.41) is 9.43. The Morgan fingerprint density at radius 2 is 2.26 bits per heavy atom. The lowest BCUT2D eigenvalue weighted by Crippen LogP contribution is -2.32. The van der Waals surface area contributed by atoms with Crippen molar-refractivity contribution in [3.8, 4) is 6.01 Å². The summed E-state index contributed by atoms with van der Waals surface area (Å²) in [6.07, 6.45) is 2.84. The molecule has 1 aliphatic heterocycles. The molecule has 2 heterocycles. The van der Waals surface area contributed by atoms with Crippen LogP contribution in [0.15, 0.2) is 6.20 Å². The van der Waals surface area contributed by atoms with Crippen LogP contribution in [-0.4, -0.2) is 59.5 Å². The van der Waals surface area contributed by atoms with Gasteiger partial charge < -0.3 is 14.6 Å². The van der Waals surface area contributed by atoms with Crippen molar-refractivity contribution in [2.45, 2.75) is 32.0 Å². The molecule has 1 N–H and O–H groups in total. The average Bonchev–Trinajstić information content (AvgIpc) is 2.83. The van der Waals surface area contributed by atoms with Crippen molar-refractivity contribution >= 4 is 0 Å². The molecule has 0 saturated carbocycles. The van der Waals surface area contributed by atoms with Gasteiger partial charge >= 0.3 is 6.01 Å². The van der Waals surface area contributed by atoms with Gasteiger partial charge in [-0.15, -0.1) is 0 Å². The molecule has 0 aliphatic carbocycles. The third-order valence-corrected chi connectivity index (χ3v) is 3.65. The van der Waals surface area contributed by atoms with Gasteiger partial charge in [0.05, 0.1) is 19.8 Å². The quantitative estimate of drug-likeness (QED) is 0.831. The number of hydrogen-bond donors (Lipinski definition) is 1. The van der Waals surface area contributed by atoms with E-state index in [0.717, 1.165) is 30.8 Å².